The topological polar surface area (TPSA) is 29.5 Å². The molecule has 0 saturated heterocycles. The number of carbonyl (C=O) groups is 1. The first kappa shape index (κ1) is 14.9. The maximum absolute atomic E-state index is 10.6. The van der Waals surface area contributed by atoms with Crippen LogP contribution in [0.3, 0.4) is 0 Å². The first-order chi connectivity index (χ1) is 9.77. The molecule has 0 bridgehead atoms. The Morgan fingerprint density at radius 2 is 2.00 bits per heavy atom. The molecule has 110 valence electrons. The van der Waals surface area contributed by atoms with E-state index in [1.165, 1.54) is 50.4 Å². The Labute approximate surface area is 121 Å². The SMILES string of the molecule is CC(=O)OCCCCCCN1CCCc2ccccc21. The summed E-state index contributed by atoms with van der Waals surface area (Å²) in [4.78, 5) is 13.1. The third kappa shape index (κ3) is 4.55. The van der Waals surface area contributed by atoms with Crippen molar-refractivity contribution in [1.29, 1.82) is 0 Å². The molecule has 1 aromatic carbocycles. The van der Waals surface area contributed by atoms with Crippen molar-refractivity contribution in [3.8, 4) is 0 Å². The Kier molecular flexibility index (Phi) is 5.90. The van der Waals surface area contributed by atoms with Crippen molar-refractivity contribution in [2.45, 2.75) is 45.4 Å². The van der Waals surface area contributed by atoms with E-state index in [0.29, 0.717) is 6.61 Å². The number of esters is 1. The molecule has 0 radical (unpaired) electrons. The molecule has 0 unspecified atom stereocenters. The number of aryl methyl sites for hydroxylation is 1. The molecule has 1 aromatic rings. The standard InChI is InChI=1S/C17H25NO2/c1-15(19)20-14-7-3-2-6-12-18-13-8-10-16-9-4-5-11-17(16)18/h4-5,9,11H,2-3,6-8,10,12-14H2,1H3. The molecule has 0 fully saturated rings. The van der Waals surface area contributed by atoms with Gasteiger partial charge in [0.1, 0.15) is 0 Å². The van der Waals surface area contributed by atoms with Crippen LogP contribution in [0.2, 0.25) is 0 Å². The van der Waals surface area contributed by atoms with Crippen LogP contribution in [-0.2, 0) is 16.0 Å². The zero-order valence-electron chi connectivity index (χ0n) is 12.4. The summed E-state index contributed by atoms with van der Waals surface area (Å²) in [5, 5.41) is 0. The molecule has 1 aliphatic heterocycles. The number of nitrogens with zero attached hydrogens (tertiary/aromatic N) is 1. The highest BCUT2D eigenvalue weighted by Gasteiger charge is 2.15. The molecule has 1 heterocycles. The molecule has 0 aliphatic carbocycles. The molecule has 3 nitrogen and oxygen atoms in total. The smallest absolute Gasteiger partial charge is 0.302 e. The third-order valence-electron chi connectivity index (χ3n) is 3.83. The van der Waals surface area contributed by atoms with Gasteiger partial charge in [-0.1, -0.05) is 24.6 Å². The zero-order chi connectivity index (χ0) is 14.2. The number of para-hydroxylation sites is 1. The monoisotopic (exact) mass is 275 g/mol. The maximum atomic E-state index is 10.6. The zero-order valence-corrected chi connectivity index (χ0v) is 12.4. The van der Waals surface area contributed by atoms with Crippen LogP contribution in [0.5, 0.6) is 0 Å². The van der Waals surface area contributed by atoms with Crippen LogP contribution >= 0.6 is 0 Å². The minimum atomic E-state index is -0.171. The van der Waals surface area contributed by atoms with E-state index in [1.807, 2.05) is 0 Å². The van der Waals surface area contributed by atoms with Gasteiger partial charge in [0.25, 0.3) is 0 Å². The number of rotatable bonds is 7. The fourth-order valence-corrected chi connectivity index (χ4v) is 2.82. The van der Waals surface area contributed by atoms with E-state index in [9.17, 15) is 4.79 Å². The molecule has 3 heteroatoms. The average Bonchev–Trinajstić information content (AvgIpc) is 2.46. The van der Waals surface area contributed by atoms with Crippen LogP contribution in [0.25, 0.3) is 0 Å². The first-order valence-electron chi connectivity index (χ1n) is 7.73. The molecule has 0 N–H and O–H groups in total. The number of unbranched alkanes of at least 4 members (excludes halogenated alkanes) is 3. The van der Waals surface area contributed by atoms with E-state index in [4.69, 9.17) is 4.74 Å². The predicted molar refractivity (Wildman–Crippen MR) is 82.1 cm³/mol. The molecule has 0 atom stereocenters. The number of hydrogen-bond acceptors (Lipinski definition) is 3. The normalized spacial score (nSPS) is 13.9. The molecular weight excluding hydrogens is 250 g/mol. The van der Waals surface area contributed by atoms with Gasteiger partial charge >= 0.3 is 5.97 Å². The highest BCUT2D eigenvalue weighted by molar-refractivity contribution is 5.65. The molecule has 20 heavy (non-hydrogen) atoms. The second-order valence-electron chi connectivity index (χ2n) is 5.47. The third-order valence-corrected chi connectivity index (χ3v) is 3.83. The van der Waals surface area contributed by atoms with Gasteiger partial charge in [-0.2, -0.15) is 0 Å². The van der Waals surface area contributed by atoms with Crippen molar-refractivity contribution < 1.29 is 9.53 Å². The summed E-state index contributed by atoms with van der Waals surface area (Å²) in [6.45, 7) is 4.37. The number of ether oxygens (including phenoxy) is 1. The van der Waals surface area contributed by atoms with Gasteiger partial charge in [0.05, 0.1) is 6.61 Å². The van der Waals surface area contributed by atoms with Gasteiger partial charge in [0.2, 0.25) is 0 Å². The summed E-state index contributed by atoms with van der Waals surface area (Å²) >= 11 is 0. The molecular formula is C17H25NO2. The van der Waals surface area contributed by atoms with Crippen LogP contribution in [0.1, 0.15) is 44.6 Å². The van der Waals surface area contributed by atoms with Crippen LogP contribution in [0, 0.1) is 0 Å². The van der Waals surface area contributed by atoms with Crippen LogP contribution < -0.4 is 4.90 Å². The van der Waals surface area contributed by atoms with Gasteiger partial charge in [-0.05, 0) is 43.7 Å². The van der Waals surface area contributed by atoms with Crippen LogP contribution in [0.4, 0.5) is 5.69 Å². The lowest BCUT2D eigenvalue weighted by Crippen LogP contribution is -2.30. The molecule has 1 aliphatic rings. The van der Waals surface area contributed by atoms with Crippen molar-refractivity contribution in [2.24, 2.45) is 0 Å². The highest BCUT2D eigenvalue weighted by Crippen LogP contribution is 2.26. The average molecular weight is 275 g/mol. The lowest BCUT2D eigenvalue weighted by molar-refractivity contribution is -0.141. The fraction of sp³-hybridized carbons (Fsp3) is 0.588. The van der Waals surface area contributed by atoms with E-state index >= 15 is 0 Å². The van der Waals surface area contributed by atoms with Crippen molar-refractivity contribution >= 4 is 11.7 Å². The van der Waals surface area contributed by atoms with Gasteiger partial charge in [-0.3, -0.25) is 4.79 Å². The number of anilines is 1. The van der Waals surface area contributed by atoms with Crippen molar-refractivity contribution in [3.05, 3.63) is 29.8 Å². The number of hydrogen-bond donors (Lipinski definition) is 0. The first-order valence-corrected chi connectivity index (χ1v) is 7.73. The second-order valence-corrected chi connectivity index (χ2v) is 5.47. The molecule has 0 amide bonds. The number of carbonyl (C=O) groups excluding carboxylic acids is 1. The largest absolute Gasteiger partial charge is 0.466 e. The minimum absolute atomic E-state index is 0.171. The second kappa shape index (κ2) is 7.93. The van der Waals surface area contributed by atoms with E-state index in [0.717, 1.165) is 19.4 Å². The summed E-state index contributed by atoms with van der Waals surface area (Å²) < 4.78 is 4.94. The Bertz CT molecular complexity index is 431. The predicted octanol–water partition coefficient (Wildman–Crippen LogP) is 3.56. The Morgan fingerprint density at radius 1 is 1.20 bits per heavy atom. The summed E-state index contributed by atoms with van der Waals surface area (Å²) in [7, 11) is 0. The van der Waals surface area contributed by atoms with Crippen LogP contribution in [-0.4, -0.2) is 25.7 Å². The Morgan fingerprint density at radius 3 is 2.85 bits per heavy atom. The summed E-state index contributed by atoms with van der Waals surface area (Å²) in [6, 6.07) is 8.77. The van der Waals surface area contributed by atoms with Crippen molar-refractivity contribution in [1.82, 2.24) is 0 Å². The quantitative estimate of drug-likeness (QED) is 0.563. The van der Waals surface area contributed by atoms with Crippen molar-refractivity contribution in [2.75, 3.05) is 24.6 Å². The summed E-state index contributed by atoms with van der Waals surface area (Å²) in [6.07, 6.45) is 7.03. The van der Waals surface area contributed by atoms with Gasteiger partial charge in [0.15, 0.2) is 0 Å². The van der Waals surface area contributed by atoms with Gasteiger partial charge in [-0.15, -0.1) is 0 Å². The Balaban J connectivity index is 1.64. The van der Waals surface area contributed by atoms with Gasteiger partial charge in [0, 0.05) is 25.7 Å². The van der Waals surface area contributed by atoms with Gasteiger partial charge in [-0.25, -0.2) is 0 Å². The highest BCUT2D eigenvalue weighted by atomic mass is 16.5. The van der Waals surface area contributed by atoms with E-state index in [-0.39, 0.29) is 5.97 Å². The lowest BCUT2D eigenvalue weighted by atomic mass is 10.0. The molecule has 0 aromatic heterocycles. The van der Waals surface area contributed by atoms with E-state index in [2.05, 4.69) is 29.2 Å². The Hall–Kier alpha value is -1.51. The maximum Gasteiger partial charge on any atom is 0.302 e. The summed E-state index contributed by atoms with van der Waals surface area (Å²) in [5.41, 5.74) is 2.92. The number of fused-ring (bicyclic) bond motifs is 1. The van der Waals surface area contributed by atoms with E-state index in [1.54, 1.807) is 0 Å². The van der Waals surface area contributed by atoms with Gasteiger partial charge < -0.3 is 9.64 Å². The van der Waals surface area contributed by atoms with Crippen LogP contribution in [0.15, 0.2) is 24.3 Å². The minimum Gasteiger partial charge on any atom is -0.466 e. The molecule has 2 rings (SSSR count). The fourth-order valence-electron chi connectivity index (χ4n) is 2.82. The molecule has 0 spiro atoms. The van der Waals surface area contributed by atoms with Crippen molar-refractivity contribution in [3.63, 3.8) is 0 Å². The van der Waals surface area contributed by atoms with E-state index < -0.39 is 0 Å². The number of benzene rings is 1. The lowest BCUT2D eigenvalue weighted by Gasteiger charge is -2.31. The molecule has 0 saturated carbocycles. The summed E-state index contributed by atoms with van der Waals surface area (Å²) in [5.74, 6) is -0.171.